The van der Waals surface area contributed by atoms with Gasteiger partial charge in [-0.25, -0.2) is 15.0 Å². The number of ether oxygens (including phenoxy) is 1. The summed E-state index contributed by atoms with van der Waals surface area (Å²) < 4.78 is 6.97. The van der Waals surface area contributed by atoms with Crippen LogP contribution in [0.15, 0.2) is 24.8 Å². The van der Waals surface area contributed by atoms with Crippen molar-refractivity contribution < 1.29 is 9.53 Å². The quantitative estimate of drug-likeness (QED) is 0.557. The molecule has 27 heavy (non-hydrogen) atoms. The summed E-state index contributed by atoms with van der Waals surface area (Å²) >= 11 is 1.30. The van der Waals surface area contributed by atoms with Crippen molar-refractivity contribution in [3.8, 4) is 10.8 Å². The van der Waals surface area contributed by atoms with Crippen LogP contribution in [0.25, 0.3) is 10.8 Å². The van der Waals surface area contributed by atoms with E-state index in [4.69, 9.17) is 4.74 Å². The summed E-state index contributed by atoms with van der Waals surface area (Å²) in [5, 5.41) is 11.6. The van der Waals surface area contributed by atoms with E-state index in [1.807, 2.05) is 11.5 Å². The molecule has 1 amide bonds. The Morgan fingerprint density at radius 2 is 2.15 bits per heavy atom. The number of rotatable bonds is 9. The van der Waals surface area contributed by atoms with E-state index >= 15 is 0 Å². The number of nitrogens with one attached hydrogen (secondary N) is 1. The minimum absolute atomic E-state index is 0.182. The summed E-state index contributed by atoms with van der Waals surface area (Å²) in [5.74, 6) is 1.04. The first-order chi connectivity index (χ1) is 13.2. The van der Waals surface area contributed by atoms with Crippen molar-refractivity contribution in [1.29, 1.82) is 0 Å². The largest absolute Gasteiger partial charge is 0.385 e. The molecule has 9 nitrogen and oxygen atoms in total. The highest BCUT2D eigenvalue weighted by atomic mass is 32.1. The number of amides is 1. The monoisotopic (exact) mass is 387 g/mol. The number of aryl methyl sites for hydroxylation is 2. The Morgan fingerprint density at radius 1 is 1.33 bits per heavy atom. The van der Waals surface area contributed by atoms with E-state index in [-0.39, 0.29) is 5.91 Å². The molecule has 3 rings (SSSR count). The van der Waals surface area contributed by atoms with Crippen molar-refractivity contribution in [2.24, 2.45) is 0 Å². The van der Waals surface area contributed by atoms with E-state index in [0.29, 0.717) is 41.1 Å². The number of thiazole rings is 1. The number of nitrogens with zero attached hydrogens (tertiary/aromatic N) is 6. The van der Waals surface area contributed by atoms with Gasteiger partial charge in [0.1, 0.15) is 11.2 Å². The third-order valence-electron chi connectivity index (χ3n) is 3.85. The summed E-state index contributed by atoms with van der Waals surface area (Å²) in [6, 6.07) is 1.74. The molecule has 0 aliphatic heterocycles. The first kappa shape index (κ1) is 19.1. The highest BCUT2D eigenvalue weighted by Gasteiger charge is 2.19. The van der Waals surface area contributed by atoms with Crippen LogP contribution in [-0.4, -0.2) is 49.3 Å². The van der Waals surface area contributed by atoms with Gasteiger partial charge < -0.3 is 14.6 Å². The molecule has 1 N–H and O–H groups in total. The molecule has 0 aliphatic rings. The maximum atomic E-state index is 12.7. The number of hydrogen-bond acceptors (Lipinski definition) is 8. The summed E-state index contributed by atoms with van der Waals surface area (Å²) in [5.41, 5.74) is 0.738. The Morgan fingerprint density at radius 3 is 2.89 bits per heavy atom. The molecule has 3 aromatic rings. The van der Waals surface area contributed by atoms with Gasteiger partial charge in [-0.3, -0.25) is 4.79 Å². The Hall–Kier alpha value is -2.72. The molecule has 142 valence electrons. The highest BCUT2D eigenvalue weighted by Crippen LogP contribution is 2.26. The molecule has 3 aromatic heterocycles. The van der Waals surface area contributed by atoms with E-state index in [9.17, 15) is 4.79 Å². The SMILES string of the molecule is CCc1nc(-c2ncccn2)sc1C(=O)NCc1nncn1CCCOC. The lowest BCUT2D eigenvalue weighted by Crippen LogP contribution is -2.25. The maximum absolute atomic E-state index is 12.7. The topological polar surface area (TPSA) is 108 Å². The predicted octanol–water partition coefficient (Wildman–Crippen LogP) is 1.72. The van der Waals surface area contributed by atoms with Crippen molar-refractivity contribution in [1.82, 2.24) is 35.0 Å². The predicted molar refractivity (Wildman–Crippen MR) is 100 cm³/mol. The lowest BCUT2D eigenvalue weighted by atomic mass is 10.3. The van der Waals surface area contributed by atoms with Crippen molar-refractivity contribution in [3.63, 3.8) is 0 Å². The Balaban J connectivity index is 1.68. The van der Waals surface area contributed by atoms with Crippen LogP contribution in [0, 0.1) is 0 Å². The lowest BCUT2D eigenvalue weighted by Gasteiger charge is -2.07. The molecule has 3 heterocycles. The number of methoxy groups -OCH3 is 1. The lowest BCUT2D eigenvalue weighted by molar-refractivity contribution is 0.0952. The molecule has 0 spiro atoms. The fourth-order valence-corrected chi connectivity index (χ4v) is 3.51. The zero-order valence-electron chi connectivity index (χ0n) is 15.3. The van der Waals surface area contributed by atoms with Crippen LogP contribution in [0.2, 0.25) is 0 Å². The zero-order chi connectivity index (χ0) is 19.1. The third-order valence-corrected chi connectivity index (χ3v) is 4.94. The van der Waals surface area contributed by atoms with Gasteiger partial charge in [0.15, 0.2) is 16.7 Å². The van der Waals surface area contributed by atoms with Crippen LogP contribution < -0.4 is 5.32 Å². The van der Waals surface area contributed by atoms with Crippen LogP contribution in [0.5, 0.6) is 0 Å². The fourth-order valence-electron chi connectivity index (χ4n) is 2.50. The normalized spacial score (nSPS) is 10.9. The first-order valence-electron chi connectivity index (χ1n) is 8.63. The van der Waals surface area contributed by atoms with Gasteiger partial charge >= 0.3 is 0 Å². The molecule has 0 aromatic carbocycles. The minimum atomic E-state index is -0.182. The van der Waals surface area contributed by atoms with Gasteiger partial charge in [-0.05, 0) is 18.9 Å². The molecular formula is C17H21N7O2S. The van der Waals surface area contributed by atoms with Gasteiger partial charge in [-0.15, -0.1) is 21.5 Å². The number of carbonyl (C=O) groups is 1. The number of aromatic nitrogens is 6. The van der Waals surface area contributed by atoms with Crippen molar-refractivity contribution in [2.75, 3.05) is 13.7 Å². The Labute approximate surface area is 160 Å². The smallest absolute Gasteiger partial charge is 0.263 e. The molecule has 0 unspecified atom stereocenters. The van der Waals surface area contributed by atoms with Crippen molar-refractivity contribution in [2.45, 2.75) is 32.9 Å². The second kappa shape index (κ2) is 9.28. The van der Waals surface area contributed by atoms with E-state index < -0.39 is 0 Å². The Bertz CT molecular complexity index is 879. The maximum Gasteiger partial charge on any atom is 0.263 e. The fraction of sp³-hybridized carbons (Fsp3) is 0.412. The van der Waals surface area contributed by atoms with E-state index in [1.165, 1.54) is 11.3 Å². The molecule has 0 aliphatic carbocycles. The van der Waals surface area contributed by atoms with Gasteiger partial charge in [-0.1, -0.05) is 6.92 Å². The molecule has 10 heteroatoms. The van der Waals surface area contributed by atoms with Crippen LogP contribution in [-0.2, 0) is 24.2 Å². The zero-order valence-corrected chi connectivity index (χ0v) is 16.1. The summed E-state index contributed by atoms with van der Waals surface area (Å²) in [6.45, 7) is 3.66. The van der Waals surface area contributed by atoms with Crippen LogP contribution in [0.1, 0.15) is 34.5 Å². The molecule has 0 saturated carbocycles. The first-order valence-corrected chi connectivity index (χ1v) is 9.45. The third kappa shape index (κ3) is 4.72. The molecular weight excluding hydrogens is 366 g/mol. The Kier molecular flexibility index (Phi) is 6.55. The second-order valence-electron chi connectivity index (χ2n) is 5.69. The van der Waals surface area contributed by atoms with Crippen LogP contribution >= 0.6 is 11.3 Å². The summed E-state index contributed by atoms with van der Waals surface area (Å²) in [7, 11) is 1.67. The average Bonchev–Trinajstić information content (AvgIpc) is 3.34. The standard InChI is InChI=1S/C17H21N7O2S/c1-3-12-14(27-17(22-12)15-18-6-4-7-19-15)16(25)20-10-13-23-21-11-24(13)8-5-9-26-2/h4,6-7,11H,3,5,8-10H2,1-2H3,(H,20,25). The average molecular weight is 387 g/mol. The summed E-state index contributed by atoms with van der Waals surface area (Å²) in [6.07, 6.45) is 6.48. The molecule has 0 atom stereocenters. The molecule has 0 saturated heterocycles. The second-order valence-corrected chi connectivity index (χ2v) is 6.69. The van der Waals surface area contributed by atoms with Crippen molar-refractivity contribution >= 4 is 17.2 Å². The minimum Gasteiger partial charge on any atom is -0.385 e. The van der Waals surface area contributed by atoms with Crippen LogP contribution in [0.3, 0.4) is 0 Å². The van der Waals surface area contributed by atoms with Gasteiger partial charge in [0, 0.05) is 32.7 Å². The van der Waals surface area contributed by atoms with Gasteiger partial charge in [0.05, 0.1) is 12.2 Å². The van der Waals surface area contributed by atoms with E-state index in [2.05, 4.69) is 30.5 Å². The number of carbonyl (C=O) groups excluding carboxylic acids is 1. The molecule has 0 fully saturated rings. The van der Waals surface area contributed by atoms with Gasteiger partial charge in [-0.2, -0.15) is 0 Å². The van der Waals surface area contributed by atoms with E-state index in [0.717, 1.165) is 18.7 Å². The van der Waals surface area contributed by atoms with Crippen molar-refractivity contribution in [3.05, 3.63) is 41.2 Å². The molecule has 0 bridgehead atoms. The number of hydrogen-bond donors (Lipinski definition) is 1. The highest BCUT2D eigenvalue weighted by molar-refractivity contribution is 7.17. The van der Waals surface area contributed by atoms with Gasteiger partial charge in [0.25, 0.3) is 5.91 Å². The van der Waals surface area contributed by atoms with Gasteiger partial charge in [0.2, 0.25) is 0 Å². The summed E-state index contributed by atoms with van der Waals surface area (Å²) in [4.78, 5) is 26.2. The van der Waals surface area contributed by atoms with Crippen LogP contribution in [0.4, 0.5) is 0 Å². The molecule has 0 radical (unpaired) electrons. The van der Waals surface area contributed by atoms with E-state index in [1.54, 1.807) is 31.9 Å².